The van der Waals surface area contributed by atoms with Crippen molar-refractivity contribution in [1.29, 1.82) is 0 Å². The summed E-state index contributed by atoms with van der Waals surface area (Å²) >= 11 is 3.49. The molecule has 0 fully saturated rings. The third kappa shape index (κ3) is 3.08. The van der Waals surface area contributed by atoms with Gasteiger partial charge in [-0.05, 0) is 38.5 Å². The van der Waals surface area contributed by atoms with Crippen LogP contribution in [0.5, 0.6) is 0 Å². The molecule has 2 N–H and O–H groups in total. The largest absolute Gasteiger partial charge is 0.379 e. The Morgan fingerprint density at radius 3 is 2.90 bits per heavy atom. The molecule has 5 nitrogen and oxygen atoms in total. The first-order chi connectivity index (χ1) is 9.45. The molecule has 108 valence electrons. The molecule has 2 rings (SSSR count). The van der Waals surface area contributed by atoms with E-state index in [9.17, 15) is 0 Å². The van der Waals surface area contributed by atoms with Crippen LogP contribution in [0.2, 0.25) is 0 Å². The van der Waals surface area contributed by atoms with Crippen LogP contribution in [0.25, 0.3) is 11.5 Å². The minimum atomic E-state index is -0.766. The van der Waals surface area contributed by atoms with E-state index in [4.69, 9.17) is 15.0 Å². The van der Waals surface area contributed by atoms with Crippen molar-refractivity contribution in [3.63, 3.8) is 0 Å². The molecule has 1 unspecified atom stereocenters. The van der Waals surface area contributed by atoms with E-state index in [2.05, 4.69) is 26.1 Å². The van der Waals surface area contributed by atoms with E-state index in [1.165, 1.54) is 0 Å². The summed E-state index contributed by atoms with van der Waals surface area (Å²) in [5.41, 5.74) is 7.34. The third-order valence-electron chi connectivity index (χ3n) is 3.04. The predicted molar refractivity (Wildman–Crippen MR) is 80.2 cm³/mol. The van der Waals surface area contributed by atoms with E-state index >= 15 is 0 Å². The van der Waals surface area contributed by atoms with Crippen LogP contribution in [0.3, 0.4) is 0 Å². The molecule has 0 aliphatic carbocycles. The molecule has 1 aromatic carbocycles. The van der Waals surface area contributed by atoms with Gasteiger partial charge in [-0.3, -0.25) is 0 Å². The van der Waals surface area contributed by atoms with Crippen molar-refractivity contribution in [3.05, 3.63) is 34.1 Å². The van der Waals surface area contributed by atoms with Crippen molar-refractivity contribution in [1.82, 2.24) is 10.1 Å². The van der Waals surface area contributed by atoms with E-state index < -0.39 is 5.54 Å². The molecule has 0 saturated carbocycles. The lowest BCUT2D eigenvalue weighted by Crippen LogP contribution is -2.39. The molecule has 20 heavy (non-hydrogen) atoms. The zero-order chi connectivity index (χ0) is 14.8. The lowest BCUT2D eigenvalue weighted by Gasteiger charge is -2.19. The van der Waals surface area contributed by atoms with Crippen LogP contribution in [0.15, 0.2) is 27.2 Å². The summed E-state index contributed by atoms with van der Waals surface area (Å²) in [6.45, 7) is 6.68. The molecule has 0 bridgehead atoms. The zero-order valence-corrected chi connectivity index (χ0v) is 13.4. The standard InChI is InChI=1S/C14H18BrN3O2/c1-4-19-8-14(3,16)13-17-12(20-18-13)10-6-5-7-11(15)9(10)2/h5-7H,4,8,16H2,1-3H3. The maximum absolute atomic E-state index is 6.16. The summed E-state index contributed by atoms with van der Waals surface area (Å²) in [6.07, 6.45) is 0. The molecule has 0 aliphatic heterocycles. The van der Waals surface area contributed by atoms with Crippen molar-refractivity contribution in [3.8, 4) is 11.5 Å². The first-order valence-electron chi connectivity index (χ1n) is 6.42. The number of aromatic nitrogens is 2. The molecule has 6 heteroatoms. The molecule has 0 radical (unpaired) electrons. The maximum atomic E-state index is 6.16. The fourth-order valence-corrected chi connectivity index (χ4v) is 2.15. The SMILES string of the molecule is CCOCC(C)(N)c1noc(-c2cccc(Br)c2C)n1. The maximum Gasteiger partial charge on any atom is 0.258 e. The Kier molecular flexibility index (Phi) is 4.57. The minimum absolute atomic E-state index is 0.347. The second-order valence-corrected chi connectivity index (χ2v) is 5.74. The first kappa shape index (κ1) is 15.2. The molecule has 1 atom stereocenters. The molecule has 1 heterocycles. The number of halogens is 1. The molecular formula is C14H18BrN3O2. The van der Waals surface area contributed by atoms with Gasteiger partial charge < -0.3 is 15.0 Å². The topological polar surface area (TPSA) is 74.2 Å². The highest BCUT2D eigenvalue weighted by Crippen LogP contribution is 2.28. The Hall–Kier alpha value is -1.24. The molecule has 2 aromatic rings. The summed E-state index contributed by atoms with van der Waals surface area (Å²) in [5.74, 6) is 0.910. The zero-order valence-electron chi connectivity index (χ0n) is 11.8. The Morgan fingerprint density at radius 1 is 1.45 bits per heavy atom. The van der Waals surface area contributed by atoms with E-state index in [-0.39, 0.29) is 0 Å². The number of ether oxygens (including phenoxy) is 1. The van der Waals surface area contributed by atoms with Gasteiger partial charge in [0.1, 0.15) is 5.54 Å². The van der Waals surface area contributed by atoms with Crippen molar-refractivity contribution < 1.29 is 9.26 Å². The van der Waals surface area contributed by atoms with Gasteiger partial charge in [-0.1, -0.05) is 27.2 Å². The van der Waals surface area contributed by atoms with Crippen molar-refractivity contribution >= 4 is 15.9 Å². The van der Waals surface area contributed by atoms with Gasteiger partial charge in [0.05, 0.1) is 6.61 Å². The summed E-state index contributed by atoms with van der Waals surface area (Å²) in [6, 6.07) is 5.84. The monoisotopic (exact) mass is 339 g/mol. The van der Waals surface area contributed by atoms with Gasteiger partial charge in [-0.25, -0.2) is 0 Å². The van der Waals surface area contributed by atoms with Crippen LogP contribution < -0.4 is 5.73 Å². The van der Waals surface area contributed by atoms with E-state index in [0.717, 1.165) is 15.6 Å². The highest BCUT2D eigenvalue weighted by Gasteiger charge is 2.28. The molecular weight excluding hydrogens is 322 g/mol. The average Bonchev–Trinajstić information content (AvgIpc) is 2.90. The van der Waals surface area contributed by atoms with E-state index in [1.54, 1.807) is 0 Å². The molecule has 0 spiro atoms. The van der Waals surface area contributed by atoms with E-state index in [0.29, 0.717) is 24.9 Å². The summed E-state index contributed by atoms with van der Waals surface area (Å²) < 4.78 is 11.7. The lowest BCUT2D eigenvalue weighted by atomic mass is 10.0. The summed E-state index contributed by atoms with van der Waals surface area (Å²) in [5, 5.41) is 3.98. The molecule has 0 saturated heterocycles. The van der Waals surface area contributed by atoms with Gasteiger partial charge in [0.2, 0.25) is 0 Å². The van der Waals surface area contributed by atoms with Crippen molar-refractivity contribution in [2.75, 3.05) is 13.2 Å². The number of benzene rings is 1. The van der Waals surface area contributed by atoms with Crippen LogP contribution in [0, 0.1) is 6.92 Å². The van der Waals surface area contributed by atoms with Crippen molar-refractivity contribution in [2.24, 2.45) is 5.73 Å². The van der Waals surface area contributed by atoms with Crippen LogP contribution in [-0.2, 0) is 10.3 Å². The average molecular weight is 340 g/mol. The lowest BCUT2D eigenvalue weighted by molar-refractivity contribution is 0.0962. The highest BCUT2D eigenvalue weighted by molar-refractivity contribution is 9.10. The molecule has 0 aliphatic rings. The van der Waals surface area contributed by atoms with E-state index in [1.807, 2.05) is 39.0 Å². The highest BCUT2D eigenvalue weighted by atomic mass is 79.9. The Bertz CT molecular complexity index is 596. The third-order valence-corrected chi connectivity index (χ3v) is 3.90. The van der Waals surface area contributed by atoms with Crippen LogP contribution >= 0.6 is 15.9 Å². The van der Waals surface area contributed by atoms with Crippen LogP contribution in [-0.4, -0.2) is 23.4 Å². The fourth-order valence-electron chi connectivity index (χ4n) is 1.78. The van der Waals surface area contributed by atoms with Crippen LogP contribution in [0.1, 0.15) is 25.2 Å². The van der Waals surface area contributed by atoms with Gasteiger partial charge >= 0.3 is 0 Å². The fraction of sp³-hybridized carbons (Fsp3) is 0.429. The predicted octanol–water partition coefficient (Wildman–Crippen LogP) is 3.02. The number of nitrogens with zero attached hydrogens (tertiary/aromatic N) is 2. The summed E-state index contributed by atoms with van der Waals surface area (Å²) in [4.78, 5) is 4.40. The van der Waals surface area contributed by atoms with Crippen molar-refractivity contribution in [2.45, 2.75) is 26.3 Å². The number of nitrogens with two attached hydrogens (primary N) is 1. The second kappa shape index (κ2) is 6.03. The van der Waals surface area contributed by atoms with Gasteiger partial charge in [-0.2, -0.15) is 4.98 Å². The number of rotatable bonds is 5. The van der Waals surface area contributed by atoms with Gasteiger partial charge in [0.15, 0.2) is 5.82 Å². The Morgan fingerprint density at radius 2 is 2.20 bits per heavy atom. The quantitative estimate of drug-likeness (QED) is 0.906. The number of hydrogen-bond donors (Lipinski definition) is 1. The van der Waals surface area contributed by atoms with Crippen LogP contribution in [0.4, 0.5) is 0 Å². The molecule has 1 aromatic heterocycles. The first-order valence-corrected chi connectivity index (χ1v) is 7.21. The van der Waals surface area contributed by atoms with Gasteiger partial charge in [-0.15, -0.1) is 0 Å². The number of hydrogen-bond acceptors (Lipinski definition) is 5. The van der Waals surface area contributed by atoms with Gasteiger partial charge in [0, 0.05) is 16.6 Å². The molecule has 0 amide bonds. The normalized spacial score (nSPS) is 14.2. The summed E-state index contributed by atoms with van der Waals surface area (Å²) in [7, 11) is 0. The van der Waals surface area contributed by atoms with Gasteiger partial charge in [0.25, 0.3) is 5.89 Å². The Labute approximate surface area is 126 Å². The smallest absolute Gasteiger partial charge is 0.258 e. The minimum Gasteiger partial charge on any atom is -0.379 e. The Balaban J connectivity index is 2.31. The second-order valence-electron chi connectivity index (χ2n) is 4.89.